The largest absolute Gasteiger partial charge is 0.356 e. The summed E-state index contributed by atoms with van der Waals surface area (Å²) in [4.78, 5) is 5.50. The van der Waals surface area contributed by atoms with Gasteiger partial charge in [-0.25, -0.2) is 0 Å². The van der Waals surface area contributed by atoms with Crippen LogP contribution >= 0.6 is 0 Å². The first kappa shape index (κ1) is 55.4. The Morgan fingerprint density at radius 2 is 0.397 bits per heavy atom. The molecule has 0 atom stereocenters. The molecule has 0 N–H and O–H groups in total. The average Bonchev–Trinajstić information content (AvgIpc) is 3.62. The number of hydrogen-bond donors (Lipinski definition) is 0. The van der Waals surface area contributed by atoms with Crippen LogP contribution in [0, 0.1) is 0 Å². The van der Waals surface area contributed by atoms with E-state index in [4.69, 9.17) is 0 Å². The molecule has 58 heavy (non-hydrogen) atoms. The van der Waals surface area contributed by atoms with E-state index in [1.165, 1.54) is 321 Å². The van der Waals surface area contributed by atoms with Crippen molar-refractivity contribution in [3.8, 4) is 0 Å². The van der Waals surface area contributed by atoms with Gasteiger partial charge >= 0.3 is 0 Å². The molecule has 1 heterocycles. The van der Waals surface area contributed by atoms with Crippen LogP contribution in [0.5, 0.6) is 0 Å². The normalized spacial score (nSPS) is 13.2. The predicted octanol–water partition coefficient (Wildman–Crippen LogP) is 20.2. The van der Waals surface area contributed by atoms with Crippen molar-refractivity contribution in [3.05, 3.63) is 12.4 Å². The molecule has 0 aromatic heterocycles. The summed E-state index contributed by atoms with van der Waals surface area (Å²) in [6.45, 7) is 9.50. The van der Waals surface area contributed by atoms with E-state index in [1.807, 2.05) is 0 Å². The standard InChI is InChI=1S/C56H112N2/c1-4-7-10-13-16-19-22-25-28-29-30-33-36-39-42-45-48-51-56-57(52-49-46-43-40-37-34-31-26-23-20-17-14-11-8-5-2)54-55-58(56)53-50-47-44-41-38-35-32-27-24-21-18-15-12-9-6-3/h54-56H,4-53H2,1-3H3. The maximum Gasteiger partial charge on any atom is 0.101 e. The fraction of sp³-hybridized carbons (Fsp3) is 0.964. The fourth-order valence-electron chi connectivity index (χ4n) is 9.72. The summed E-state index contributed by atoms with van der Waals surface area (Å²) in [5.41, 5.74) is 0. The highest BCUT2D eigenvalue weighted by molar-refractivity contribution is 4.97. The Kier molecular flexibility index (Phi) is 45.2. The lowest BCUT2D eigenvalue weighted by atomic mass is 10.0. The van der Waals surface area contributed by atoms with Gasteiger partial charge in [-0.1, -0.05) is 303 Å². The Morgan fingerprint density at radius 3 is 0.603 bits per heavy atom. The summed E-state index contributed by atoms with van der Waals surface area (Å²) >= 11 is 0. The van der Waals surface area contributed by atoms with Crippen molar-refractivity contribution in [2.75, 3.05) is 13.1 Å². The second kappa shape index (κ2) is 47.4. The van der Waals surface area contributed by atoms with Gasteiger partial charge in [-0.05, 0) is 25.7 Å². The lowest BCUT2D eigenvalue weighted by Gasteiger charge is -2.33. The monoisotopic (exact) mass is 813 g/mol. The zero-order chi connectivity index (χ0) is 41.5. The molecule has 0 unspecified atom stereocenters. The maximum absolute atomic E-state index is 2.75. The highest BCUT2D eigenvalue weighted by Crippen LogP contribution is 2.25. The quantitative estimate of drug-likeness (QED) is 0.0565. The topological polar surface area (TPSA) is 6.48 Å². The molecule has 2 heteroatoms. The smallest absolute Gasteiger partial charge is 0.101 e. The molecule has 0 amide bonds. The van der Waals surface area contributed by atoms with Gasteiger partial charge in [0.15, 0.2) is 0 Å². The van der Waals surface area contributed by atoms with Gasteiger partial charge in [0.25, 0.3) is 0 Å². The summed E-state index contributed by atoms with van der Waals surface area (Å²) < 4.78 is 0. The Bertz CT molecular complexity index is 733. The summed E-state index contributed by atoms with van der Waals surface area (Å²) in [7, 11) is 0. The van der Waals surface area contributed by atoms with Gasteiger partial charge in [0.1, 0.15) is 6.17 Å². The molecule has 0 fully saturated rings. The van der Waals surface area contributed by atoms with Crippen molar-refractivity contribution in [3.63, 3.8) is 0 Å². The van der Waals surface area contributed by atoms with Crippen molar-refractivity contribution in [1.82, 2.24) is 9.80 Å². The predicted molar refractivity (Wildman–Crippen MR) is 265 cm³/mol. The van der Waals surface area contributed by atoms with Gasteiger partial charge in [-0.15, -0.1) is 0 Å². The van der Waals surface area contributed by atoms with Crippen LogP contribution in [0.25, 0.3) is 0 Å². The molecule has 346 valence electrons. The van der Waals surface area contributed by atoms with Gasteiger partial charge in [-0.3, -0.25) is 0 Å². The third kappa shape index (κ3) is 38.3. The summed E-state index contributed by atoms with van der Waals surface area (Å²) in [5, 5.41) is 0. The van der Waals surface area contributed by atoms with E-state index in [0.717, 1.165) is 0 Å². The number of rotatable bonds is 50. The van der Waals surface area contributed by atoms with Crippen LogP contribution in [0.15, 0.2) is 12.4 Å². The van der Waals surface area contributed by atoms with E-state index < -0.39 is 0 Å². The molecule has 0 saturated heterocycles. The molecule has 1 rings (SSSR count). The van der Waals surface area contributed by atoms with Crippen LogP contribution in [-0.4, -0.2) is 29.1 Å². The van der Waals surface area contributed by atoms with Gasteiger partial charge in [-0.2, -0.15) is 0 Å². The van der Waals surface area contributed by atoms with Crippen molar-refractivity contribution < 1.29 is 0 Å². The molecular formula is C56H112N2. The summed E-state index contributed by atoms with van der Waals surface area (Å²) in [5.74, 6) is 0. The summed E-state index contributed by atoms with van der Waals surface area (Å²) in [6, 6.07) is 0. The number of nitrogens with zero attached hydrogens (tertiary/aromatic N) is 2. The van der Waals surface area contributed by atoms with Crippen LogP contribution in [0.2, 0.25) is 0 Å². The summed E-state index contributed by atoms with van der Waals surface area (Å²) in [6.07, 6.45) is 75.3. The van der Waals surface area contributed by atoms with E-state index >= 15 is 0 Å². The number of unbranched alkanes of at least 4 members (excludes halogenated alkanes) is 44. The Morgan fingerprint density at radius 1 is 0.224 bits per heavy atom. The molecule has 0 spiro atoms. The molecule has 0 radical (unpaired) electrons. The van der Waals surface area contributed by atoms with Gasteiger partial charge in [0, 0.05) is 25.5 Å². The minimum Gasteiger partial charge on any atom is -0.356 e. The zero-order valence-corrected chi connectivity index (χ0v) is 41.0. The highest BCUT2D eigenvalue weighted by atomic mass is 15.4. The molecule has 1 aliphatic rings. The Balaban J connectivity index is 2.19. The lowest BCUT2D eigenvalue weighted by molar-refractivity contribution is 0.135. The second-order valence-electron chi connectivity index (χ2n) is 19.6. The molecule has 1 aliphatic heterocycles. The van der Waals surface area contributed by atoms with E-state index in [-0.39, 0.29) is 0 Å². The minimum atomic E-state index is 0.634. The van der Waals surface area contributed by atoms with Crippen LogP contribution in [0.1, 0.15) is 329 Å². The maximum atomic E-state index is 2.75. The van der Waals surface area contributed by atoms with Crippen molar-refractivity contribution in [2.24, 2.45) is 0 Å². The Labute approximate surface area is 369 Å². The van der Waals surface area contributed by atoms with Crippen molar-refractivity contribution in [2.45, 2.75) is 335 Å². The highest BCUT2D eigenvalue weighted by Gasteiger charge is 2.25. The van der Waals surface area contributed by atoms with E-state index in [0.29, 0.717) is 6.17 Å². The first-order chi connectivity index (χ1) is 28.8. The van der Waals surface area contributed by atoms with E-state index in [1.54, 1.807) is 0 Å². The molecule has 0 bridgehead atoms. The van der Waals surface area contributed by atoms with E-state index in [2.05, 4.69) is 43.0 Å². The lowest BCUT2D eigenvalue weighted by Crippen LogP contribution is -2.39. The molecule has 2 nitrogen and oxygen atoms in total. The minimum absolute atomic E-state index is 0.634. The molecule has 0 saturated carbocycles. The zero-order valence-electron chi connectivity index (χ0n) is 41.0. The first-order valence-corrected chi connectivity index (χ1v) is 28.0. The second-order valence-corrected chi connectivity index (χ2v) is 19.6. The molecule has 0 aliphatic carbocycles. The van der Waals surface area contributed by atoms with Crippen molar-refractivity contribution in [1.29, 1.82) is 0 Å². The molecule has 0 aromatic carbocycles. The van der Waals surface area contributed by atoms with Crippen LogP contribution < -0.4 is 0 Å². The van der Waals surface area contributed by atoms with Crippen LogP contribution in [0.3, 0.4) is 0 Å². The van der Waals surface area contributed by atoms with Crippen LogP contribution in [-0.2, 0) is 0 Å². The van der Waals surface area contributed by atoms with Gasteiger partial charge in [0.2, 0.25) is 0 Å². The van der Waals surface area contributed by atoms with Gasteiger partial charge in [0.05, 0.1) is 0 Å². The Hall–Kier alpha value is -0.660. The average molecular weight is 814 g/mol. The van der Waals surface area contributed by atoms with Crippen molar-refractivity contribution >= 4 is 0 Å². The third-order valence-corrected chi connectivity index (χ3v) is 13.8. The number of hydrogen-bond acceptors (Lipinski definition) is 2. The third-order valence-electron chi connectivity index (χ3n) is 13.8. The van der Waals surface area contributed by atoms with Gasteiger partial charge < -0.3 is 9.80 Å². The SMILES string of the molecule is CCCCCCCCCCCCCCCCCCCC1N(CCCCCCCCCCCCCCCCC)C=CN1CCCCCCCCCCCCCCCCC. The molecular weight excluding hydrogens is 701 g/mol. The molecule has 0 aromatic rings. The fourth-order valence-corrected chi connectivity index (χ4v) is 9.72. The van der Waals surface area contributed by atoms with E-state index in [9.17, 15) is 0 Å². The van der Waals surface area contributed by atoms with Crippen LogP contribution in [0.4, 0.5) is 0 Å². The first-order valence-electron chi connectivity index (χ1n) is 28.0.